The predicted octanol–water partition coefficient (Wildman–Crippen LogP) is 1.06. The maximum absolute atomic E-state index is 13.7. The van der Waals surface area contributed by atoms with E-state index >= 15 is 0 Å². The summed E-state index contributed by atoms with van der Waals surface area (Å²) < 4.78 is 19.3. The van der Waals surface area contributed by atoms with Crippen LogP contribution in [0, 0.1) is 18.2 Å². The van der Waals surface area contributed by atoms with Crippen LogP contribution in [0.25, 0.3) is 0 Å². The Balaban J connectivity index is 1.45. The molecule has 2 N–H and O–H groups in total. The van der Waals surface area contributed by atoms with Crippen LogP contribution in [0.4, 0.5) is 10.2 Å². The number of benzene rings is 1. The molecule has 0 saturated heterocycles. The Kier molecular flexibility index (Phi) is 5.32. The van der Waals surface area contributed by atoms with Gasteiger partial charge < -0.3 is 10.1 Å². The number of nitrogens with zero attached hydrogens (tertiary/aromatic N) is 4. The summed E-state index contributed by atoms with van der Waals surface area (Å²) in [5.74, 6) is 1.88. The highest BCUT2D eigenvalue weighted by Crippen LogP contribution is 2.27. The molecule has 3 aromatic rings. The number of anilines is 1. The van der Waals surface area contributed by atoms with Gasteiger partial charge in [-0.05, 0) is 35.9 Å². The zero-order chi connectivity index (χ0) is 22.0. The summed E-state index contributed by atoms with van der Waals surface area (Å²) in [5, 5.41) is 9.11. The SMILES string of the molecule is C#Cc1cc(F)cc(Cc2nc(C(=O)N[C@H]3COc4cccnc4N(C)C3=O)n[nH]2)c1. The van der Waals surface area contributed by atoms with Crippen LogP contribution < -0.4 is 15.0 Å². The molecule has 0 unspecified atom stereocenters. The van der Waals surface area contributed by atoms with Crippen LogP contribution in [0.1, 0.15) is 27.6 Å². The fourth-order valence-electron chi connectivity index (χ4n) is 3.16. The number of aromatic amines is 1. The van der Waals surface area contributed by atoms with Crippen molar-refractivity contribution in [1.29, 1.82) is 0 Å². The largest absolute Gasteiger partial charge is 0.487 e. The molecule has 1 aromatic carbocycles. The Labute approximate surface area is 176 Å². The van der Waals surface area contributed by atoms with E-state index in [0.717, 1.165) is 0 Å². The van der Waals surface area contributed by atoms with Crippen LogP contribution in [0.15, 0.2) is 36.5 Å². The first kappa shape index (κ1) is 20.0. The monoisotopic (exact) mass is 420 g/mol. The molecule has 10 heteroatoms. The normalized spacial score (nSPS) is 15.5. The molecule has 0 fully saturated rings. The smallest absolute Gasteiger partial charge is 0.291 e. The molecule has 0 aliphatic carbocycles. The van der Waals surface area contributed by atoms with E-state index in [2.05, 4.69) is 31.4 Å². The van der Waals surface area contributed by atoms with Crippen LogP contribution in [0.2, 0.25) is 0 Å². The molecule has 0 spiro atoms. The van der Waals surface area contributed by atoms with Gasteiger partial charge in [0.1, 0.15) is 24.3 Å². The molecule has 9 nitrogen and oxygen atoms in total. The van der Waals surface area contributed by atoms with Crippen LogP contribution in [-0.2, 0) is 11.2 Å². The van der Waals surface area contributed by atoms with E-state index in [1.165, 1.54) is 17.0 Å². The number of hydrogen-bond donors (Lipinski definition) is 2. The Morgan fingerprint density at radius 1 is 1.45 bits per heavy atom. The van der Waals surface area contributed by atoms with Crippen LogP contribution in [-0.4, -0.2) is 51.7 Å². The molecule has 1 aliphatic heterocycles. The Morgan fingerprint density at radius 2 is 2.29 bits per heavy atom. The van der Waals surface area contributed by atoms with Gasteiger partial charge in [0.25, 0.3) is 11.8 Å². The fraction of sp³-hybridized carbons (Fsp3) is 0.190. The molecule has 2 aromatic heterocycles. The summed E-state index contributed by atoms with van der Waals surface area (Å²) in [4.78, 5) is 34.9. The van der Waals surface area contributed by atoms with Gasteiger partial charge in [0.05, 0.1) is 0 Å². The molecule has 4 rings (SSSR count). The van der Waals surface area contributed by atoms with Crippen molar-refractivity contribution in [2.75, 3.05) is 18.6 Å². The first-order valence-electron chi connectivity index (χ1n) is 9.28. The third kappa shape index (κ3) is 4.20. The average Bonchev–Trinajstić information content (AvgIpc) is 3.19. The molecule has 1 aliphatic rings. The highest BCUT2D eigenvalue weighted by Gasteiger charge is 2.32. The molecule has 3 heterocycles. The number of carbonyl (C=O) groups excluding carboxylic acids is 2. The van der Waals surface area contributed by atoms with Crippen molar-refractivity contribution < 1.29 is 18.7 Å². The third-order valence-corrected chi connectivity index (χ3v) is 4.64. The minimum Gasteiger partial charge on any atom is -0.487 e. The number of fused-ring (bicyclic) bond motifs is 1. The quantitative estimate of drug-likeness (QED) is 0.611. The van der Waals surface area contributed by atoms with E-state index < -0.39 is 17.8 Å². The number of amides is 2. The molecule has 0 bridgehead atoms. The highest BCUT2D eigenvalue weighted by molar-refractivity contribution is 6.01. The summed E-state index contributed by atoms with van der Waals surface area (Å²) in [6.45, 7) is -0.0664. The highest BCUT2D eigenvalue weighted by atomic mass is 19.1. The lowest BCUT2D eigenvalue weighted by molar-refractivity contribution is -0.120. The van der Waals surface area contributed by atoms with Gasteiger partial charge in [0.2, 0.25) is 5.82 Å². The van der Waals surface area contributed by atoms with E-state index in [9.17, 15) is 14.0 Å². The number of carbonyl (C=O) groups is 2. The van der Waals surface area contributed by atoms with E-state index in [1.54, 1.807) is 31.4 Å². The predicted molar refractivity (Wildman–Crippen MR) is 108 cm³/mol. The second-order valence-electron chi connectivity index (χ2n) is 6.83. The summed E-state index contributed by atoms with van der Waals surface area (Å²) >= 11 is 0. The fourth-order valence-corrected chi connectivity index (χ4v) is 3.16. The standard InChI is InChI=1S/C21H17FN6O3/c1-3-12-7-13(9-14(22)8-12)10-17-25-18(27-26-17)20(29)24-15-11-31-16-5-4-6-23-19(16)28(2)21(15)30/h1,4-9,15H,10-11H2,2H3,(H,24,29)(H,25,26,27)/t15-/m0/s1. The Bertz CT molecular complexity index is 1200. The molecule has 31 heavy (non-hydrogen) atoms. The lowest BCUT2D eigenvalue weighted by Crippen LogP contribution is -2.49. The number of aromatic nitrogens is 4. The van der Waals surface area contributed by atoms with E-state index in [1.807, 2.05) is 0 Å². The van der Waals surface area contributed by atoms with Crippen molar-refractivity contribution in [2.45, 2.75) is 12.5 Å². The number of pyridine rings is 1. The number of nitrogens with one attached hydrogen (secondary N) is 2. The molecular weight excluding hydrogens is 403 g/mol. The molecule has 0 radical (unpaired) electrons. The van der Waals surface area contributed by atoms with Crippen molar-refractivity contribution in [3.63, 3.8) is 0 Å². The van der Waals surface area contributed by atoms with Crippen LogP contribution in [0.3, 0.4) is 0 Å². The van der Waals surface area contributed by atoms with Gasteiger partial charge in [0.15, 0.2) is 11.6 Å². The summed E-state index contributed by atoms with van der Waals surface area (Å²) in [6.07, 6.45) is 7.07. The molecule has 1 atom stereocenters. The Morgan fingerprint density at radius 3 is 3.10 bits per heavy atom. The number of rotatable bonds is 4. The zero-order valence-electron chi connectivity index (χ0n) is 16.4. The minimum atomic E-state index is -0.949. The lowest BCUT2D eigenvalue weighted by Gasteiger charge is -2.18. The second-order valence-corrected chi connectivity index (χ2v) is 6.83. The number of H-pyrrole nitrogens is 1. The summed E-state index contributed by atoms with van der Waals surface area (Å²) in [5.41, 5.74) is 0.981. The van der Waals surface area contributed by atoms with E-state index in [-0.39, 0.29) is 24.8 Å². The van der Waals surface area contributed by atoms with Crippen molar-refractivity contribution >= 4 is 17.6 Å². The number of terminal acetylenes is 1. The number of likely N-dealkylation sites (N-methyl/N-ethyl adjacent to an activating group) is 1. The van der Waals surface area contributed by atoms with Gasteiger partial charge in [-0.3, -0.25) is 19.6 Å². The maximum atomic E-state index is 13.7. The number of ether oxygens (including phenoxy) is 1. The van der Waals surface area contributed by atoms with E-state index in [0.29, 0.717) is 28.5 Å². The lowest BCUT2D eigenvalue weighted by atomic mass is 10.1. The van der Waals surface area contributed by atoms with Gasteiger partial charge in [-0.2, -0.15) is 0 Å². The van der Waals surface area contributed by atoms with Crippen LogP contribution >= 0.6 is 0 Å². The third-order valence-electron chi connectivity index (χ3n) is 4.64. The van der Waals surface area contributed by atoms with Crippen molar-refractivity contribution in [2.24, 2.45) is 0 Å². The van der Waals surface area contributed by atoms with Gasteiger partial charge in [0, 0.05) is 25.2 Å². The van der Waals surface area contributed by atoms with Gasteiger partial charge in [-0.15, -0.1) is 11.5 Å². The van der Waals surface area contributed by atoms with Gasteiger partial charge >= 0.3 is 0 Å². The van der Waals surface area contributed by atoms with E-state index in [4.69, 9.17) is 11.2 Å². The number of halogens is 1. The number of hydrogen-bond acceptors (Lipinski definition) is 6. The summed E-state index contributed by atoms with van der Waals surface area (Å²) in [7, 11) is 1.55. The maximum Gasteiger partial charge on any atom is 0.291 e. The first-order chi connectivity index (χ1) is 14.9. The van der Waals surface area contributed by atoms with Gasteiger partial charge in [-0.25, -0.2) is 14.4 Å². The van der Waals surface area contributed by atoms with Crippen LogP contribution in [0.5, 0.6) is 5.75 Å². The second kappa shape index (κ2) is 8.23. The average molecular weight is 420 g/mol. The zero-order valence-corrected chi connectivity index (χ0v) is 16.4. The molecule has 156 valence electrons. The topological polar surface area (TPSA) is 113 Å². The van der Waals surface area contributed by atoms with Crippen molar-refractivity contribution in [3.05, 3.63) is 65.1 Å². The van der Waals surface area contributed by atoms with Crippen molar-refractivity contribution in [3.8, 4) is 18.1 Å². The van der Waals surface area contributed by atoms with Crippen molar-refractivity contribution in [1.82, 2.24) is 25.5 Å². The summed E-state index contributed by atoms with van der Waals surface area (Å²) in [6, 6.07) is 6.65. The molecule has 0 saturated carbocycles. The molecule has 2 amide bonds. The van der Waals surface area contributed by atoms with Gasteiger partial charge in [-0.1, -0.05) is 5.92 Å². The Hall–Kier alpha value is -4.26. The first-order valence-corrected chi connectivity index (χ1v) is 9.28. The molecular formula is C21H17FN6O3. The minimum absolute atomic E-state index is 0.0664.